The van der Waals surface area contributed by atoms with Crippen molar-refractivity contribution in [3.63, 3.8) is 0 Å². The van der Waals surface area contributed by atoms with Gasteiger partial charge in [-0.2, -0.15) is 0 Å². The van der Waals surface area contributed by atoms with E-state index in [-0.39, 0.29) is 12.2 Å². The number of hydrogen-bond acceptors (Lipinski definition) is 4. The quantitative estimate of drug-likeness (QED) is 0.880. The van der Waals surface area contributed by atoms with Gasteiger partial charge in [-0.25, -0.2) is 4.79 Å². The minimum absolute atomic E-state index is 0.278. The summed E-state index contributed by atoms with van der Waals surface area (Å²) in [5.74, 6) is 0.751. The summed E-state index contributed by atoms with van der Waals surface area (Å²) >= 11 is 0. The number of benzene rings is 2. The zero-order valence-electron chi connectivity index (χ0n) is 11.7. The Labute approximate surface area is 122 Å². The van der Waals surface area contributed by atoms with Crippen LogP contribution in [-0.2, 0) is 4.74 Å². The lowest BCUT2D eigenvalue weighted by Gasteiger charge is -2.13. The van der Waals surface area contributed by atoms with Crippen LogP contribution < -0.4 is 15.4 Å². The van der Waals surface area contributed by atoms with Crippen molar-refractivity contribution in [3.8, 4) is 5.75 Å². The number of nitrogens with zero attached hydrogens (tertiary/aromatic N) is 1. The van der Waals surface area contributed by atoms with Gasteiger partial charge in [0.1, 0.15) is 11.9 Å². The maximum absolute atomic E-state index is 12.0. The van der Waals surface area contributed by atoms with Crippen LogP contribution in [0.2, 0.25) is 0 Å². The van der Waals surface area contributed by atoms with Gasteiger partial charge in [0, 0.05) is 11.4 Å². The van der Waals surface area contributed by atoms with Crippen LogP contribution in [0.4, 0.5) is 16.2 Å². The fraction of sp³-hybridized carbons (Fsp3) is 0.188. The smallest absolute Gasteiger partial charge is 0.415 e. The van der Waals surface area contributed by atoms with E-state index in [2.05, 4.69) is 0 Å². The Hall–Kier alpha value is -2.69. The molecule has 2 N–H and O–H groups in total. The van der Waals surface area contributed by atoms with Gasteiger partial charge in [-0.1, -0.05) is 12.1 Å². The molecule has 1 fully saturated rings. The largest absolute Gasteiger partial charge is 0.497 e. The van der Waals surface area contributed by atoms with Crippen LogP contribution in [0.5, 0.6) is 5.75 Å². The van der Waals surface area contributed by atoms with E-state index in [0.29, 0.717) is 12.2 Å². The fourth-order valence-corrected chi connectivity index (χ4v) is 2.32. The van der Waals surface area contributed by atoms with Gasteiger partial charge in [0.05, 0.1) is 13.7 Å². The standard InChI is InChI=1S/C16H16N2O3/c1-20-14-8-6-13(7-9-14)18-10-15(21-16(18)19)11-2-4-12(17)5-3-11/h2-9,15H,10,17H2,1H3. The first-order valence-electron chi connectivity index (χ1n) is 6.65. The van der Waals surface area contributed by atoms with E-state index < -0.39 is 0 Å². The van der Waals surface area contributed by atoms with Crippen LogP contribution in [0.25, 0.3) is 0 Å². The average molecular weight is 284 g/mol. The molecule has 2 aromatic rings. The Balaban J connectivity index is 1.79. The first-order chi connectivity index (χ1) is 10.2. The van der Waals surface area contributed by atoms with Gasteiger partial charge in [-0.05, 0) is 42.0 Å². The first-order valence-corrected chi connectivity index (χ1v) is 6.65. The van der Waals surface area contributed by atoms with Gasteiger partial charge in [0.15, 0.2) is 0 Å². The minimum atomic E-state index is -0.345. The number of carbonyl (C=O) groups excluding carboxylic acids is 1. The summed E-state index contributed by atoms with van der Waals surface area (Å²) in [6.45, 7) is 0.481. The lowest BCUT2D eigenvalue weighted by molar-refractivity contribution is 0.142. The second-order valence-electron chi connectivity index (χ2n) is 4.85. The minimum Gasteiger partial charge on any atom is -0.497 e. The van der Waals surface area contributed by atoms with Crippen LogP contribution in [-0.4, -0.2) is 19.7 Å². The molecular weight excluding hydrogens is 268 g/mol. The van der Waals surface area contributed by atoms with E-state index in [1.165, 1.54) is 0 Å². The van der Waals surface area contributed by atoms with Gasteiger partial charge in [0.25, 0.3) is 0 Å². The number of rotatable bonds is 3. The predicted octanol–water partition coefficient (Wildman–Crippen LogP) is 2.98. The van der Waals surface area contributed by atoms with Crippen molar-refractivity contribution < 1.29 is 14.3 Å². The average Bonchev–Trinajstić information content (AvgIpc) is 2.90. The van der Waals surface area contributed by atoms with E-state index in [1.54, 1.807) is 24.1 Å². The highest BCUT2D eigenvalue weighted by molar-refractivity contribution is 5.89. The molecule has 1 atom stereocenters. The first kappa shape index (κ1) is 13.3. The summed E-state index contributed by atoms with van der Waals surface area (Å²) in [6.07, 6.45) is -0.623. The van der Waals surface area contributed by atoms with Gasteiger partial charge in [0.2, 0.25) is 0 Å². The lowest BCUT2D eigenvalue weighted by atomic mass is 10.1. The van der Waals surface area contributed by atoms with Crippen molar-refractivity contribution in [1.29, 1.82) is 0 Å². The number of nitrogen functional groups attached to an aromatic ring is 1. The van der Waals surface area contributed by atoms with Crippen LogP contribution >= 0.6 is 0 Å². The summed E-state index contributed by atoms with van der Waals surface area (Å²) in [5.41, 5.74) is 8.09. The molecule has 1 saturated heterocycles. The second kappa shape index (κ2) is 5.36. The molecule has 1 aliphatic heterocycles. The summed E-state index contributed by atoms with van der Waals surface area (Å²) in [5, 5.41) is 0. The van der Waals surface area contributed by atoms with Crippen molar-refractivity contribution in [2.24, 2.45) is 0 Å². The molecule has 3 rings (SSSR count). The number of hydrogen-bond donors (Lipinski definition) is 1. The van der Waals surface area contributed by atoms with Crippen LogP contribution in [0.15, 0.2) is 48.5 Å². The molecular formula is C16H16N2O3. The monoisotopic (exact) mass is 284 g/mol. The van der Waals surface area contributed by atoms with E-state index in [1.807, 2.05) is 36.4 Å². The summed E-state index contributed by atoms with van der Waals surface area (Å²) in [6, 6.07) is 14.7. The van der Waals surface area contributed by atoms with E-state index >= 15 is 0 Å². The molecule has 2 aromatic carbocycles. The SMILES string of the molecule is COc1ccc(N2CC(c3ccc(N)cc3)OC2=O)cc1. The number of methoxy groups -OCH3 is 1. The third-order valence-electron chi connectivity index (χ3n) is 3.50. The van der Waals surface area contributed by atoms with Gasteiger partial charge >= 0.3 is 6.09 Å². The predicted molar refractivity (Wildman–Crippen MR) is 80.4 cm³/mol. The topological polar surface area (TPSA) is 64.8 Å². The Morgan fingerprint density at radius 2 is 1.81 bits per heavy atom. The van der Waals surface area contributed by atoms with Gasteiger partial charge in [-0.3, -0.25) is 4.90 Å². The Morgan fingerprint density at radius 3 is 2.43 bits per heavy atom. The molecule has 0 aromatic heterocycles. The van der Waals surface area contributed by atoms with E-state index in [4.69, 9.17) is 15.2 Å². The van der Waals surface area contributed by atoms with Crippen LogP contribution in [0, 0.1) is 0 Å². The normalized spacial score (nSPS) is 17.7. The lowest BCUT2D eigenvalue weighted by Crippen LogP contribution is -2.23. The highest BCUT2D eigenvalue weighted by Crippen LogP contribution is 2.31. The highest BCUT2D eigenvalue weighted by atomic mass is 16.6. The summed E-state index contributed by atoms with van der Waals surface area (Å²) in [7, 11) is 1.61. The molecule has 1 amide bonds. The molecule has 1 aliphatic rings. The molecule has 0 spiro atoms. The molecule has 21 heavy (non-hydrogen) atoms. The fourth-order valence-electron chi connectivity index (χ4n) is 2.32. The number of ether oxygens (including phenoxy) is 2. The summed E-state index contributed by atoms with van der Waals surface area (Å²) in [4.78, 5) is 13.6. The molecule has 108 valence electrons. The number of nitrogens with two attached hydrogens (primary N) is 1. The molecule has 1 heterocycles. The Kier molecular flexibility index (Phi) is 3.39. The molecule has 0 radical (unpaired) electrons. The molecule has 0 bridgehead atoms. The molecule has 0 saturated carbocycles. The maximum Gasteiger partial charge on any atom is 0.415 e. The van der Waals surface area contributed by atoms with Crippen molar-refractivity contribution in [1.82, 2.24) is 0 Å². The van der Waals surface area contributed by atoms with Gasteiger partial charge < -0.3 is 15.2 Å². The number of amides is 1. The number of anilines is 2. The van der Waals surface area contributed by atoms with Crippen molar-refractivity contribution in [3.05, 3.63) is 54.1 Å². The number of cyclic esters (lactones) is 1. The van der Waals surface area contributed by atoms with Gasteiger partial charge in [-0.15, -0.1) is 0 Å². The third-order valence-corrected chi connectivity index (χ3v) is 3.50. The Bertz CT molecular complexity index is 638. The molecule has 5 heteroatoms. The van der Waals surface area contributed by atoms with Crippen molar-refractivity contribution in [2.75, 3.05) is 24.3 Å². The van der Waals surface area contributed by atoms with E-state index in [0.717, 1.165) is 17.0 Å². The highest BCUT2D eigenvalue weighted by Gasteiger charge is 2.33. The van der Waals surface area contributed by atoms with Crippen molar-refractivity contribution >= 4 is 17.5 Å². The second-order valence-corrected chi connectivity index (χ2v) is 4.85. The number of carbonyl (C=O) groups is 1. The summed E-state index contributed by atoms with van der Waals surface area (Å²) < 4.78 is 10.5. The molecule has 1 unspecified atom stereocenters. The molecule has 5 nitrogen and oxygen atoms in total. The molecule has 0 aliphatic carbocycles. The third kappa shape index (κ3) is 2.63. The van der Waals surface area contributed by atoms with Crippen molar-refractivity contribution in [2.45, 2.75) is 6.10 Å². The Morgan fingerprint density at radius 1 is 1.14 bits per heavy atom. The maximum atomic E-state index is 12.0. The zero-order valence-corrected chi connectivity index (χ0v) is 11.7. The van der Waals surface area contributed by atoms with Crippen LogP contribution in [0.3, 0.4) is 0 Å². The zero-order chi connectivity index (χ0) is 14.8. The van der Waals surface area contributed by atoms with Crippen LogP contribution in [0.1, 0.15) is 11.7 Å². The van der Waals surface area contributed by atoms with E-state index in [9.17, 15) is 4.79 Å².